The predicted molar refractivity (Wildman–Crippen MR) is 198 cm³/mol. The van der Waals surface area contributed by atoms with Crippen LogP contribution in [0.3, 0.4) is 0 Å². The molecule has 0 unspecified atom stereocenters. The average molecular weight is 745 g/mol. The van der Waals surface area contributed by atoms with Gasteiger partial charge in [-0.05, 0) is 19.3 Å². The van der Waals surface area contributed by atoms with Gasteiger partial charge in [-0.3, -0.25) is 4.79 Å². The minimum atomic E-state index is -0.909. The van der Waals surface area contributed by atoms with E-state index in [1.54, 1.807) is 21.7 Å². The Morgan fingerprint density at radius 1 is 0.400 bits per heavy atom. The summed E-state index contributed by atoms with van der Waals surface area (Å²) in [5, 5.41) is 18.5. The molecular formula is C40H81O4Sn+. The van der Waals surface area contributed by atoms with E-state index in [9.17, 15) is 14.7 Å². The summed E-state index contributed by atoms with van der Waals surface area (Å²) in [6.45, 7) is 9.05. The number of carbonyl (C=O) groups excluding carboxylic acids is 1. The molecule has 0 bridgehead atoms. The Morgan fingerprint density at radius 3 is 0.911 bits per heavy atom. The van der Waals surface area contributed by atoms with Crippen LogP contribution in [0.4, 0.5) is 0 Å². The fourth-order valence-corrected chi connectivity index (χ4v) is 8.92. The van der Waals surface area contributed by atoms with Crippen LogP contribution in [0.25, 0.3) is 0 Å². The monoisotopic (exact) mass is 746 g/mol. The number of unbranched alkanes of at least 4 members (excludes halogenated alkanes) is 26. The van der Waals surface area contributed by atoms with Crippen LogP contribution in [0.15, 0.2) is 0 Å². The third kappa shape index (κ3) is 59.7. The molecule has 0 aliphatic rings. The van der Waals surface area contributed by atoms with E-state index in [2.05, 4.69) is 27.7 Å². The number of aliphatic carboxylic acids is 2. The molecule has 0 atom stereocenters. The molecule has 45 heavy (non-hydrogen) atoms. The molecule has 268 valence electrons. The molecule has 0 aliphatic heterocycles. The molecule has 5 heteroatoms. The van der Waals surface area contributed by atoms with Gasteiger partial charge in [-0.25, -0.2) is 0 Å². The molecule has 0 aliphatic carbocycles. The number of carboxylic acids is 2. The fourth-order valence-electron chi connectivity index (χ4n) is 5.35. The average Bonchev–Trinajstić information content (AvgIpc) is 3.02. The number of rotatable bonds is 34. The predicted octanol–water partition coefficient (Wildman–Crippen LogP) is 12.9. The molecule has 4 nitrogen and oxygen atoms in total. The number of hydrogen-bond acceptors (Lipinski definition) is 3. The quantitative estimate of drug-likeness (QED) is 0.0526. The summed E-state index contributed by atoms with van der Waals surface area (Å²) >= 11 is 0.0736. The molecule has 0 spiro atoms. The molecule has 0 amide bonds. The zero-order chi connectivity index (χ0) is 33.9. The summed E-state index contributed by atoms with van der Waals surface area (Å²) in [5.41, 5.74) is 0. The molecule has 0 rings (SSSR count). The van der Waals surface area contributed by atoms with Crippen molar-refractivity contribution in [2.45, 2.75) is 242 Å². The summed E-state index contributed by atoms with van der Waals surface area (Å²) in [6, 6.07) is 0. The molecule has 0 saturated carbocycles. The maximum absolute atomic E-state index is 10.2. The third-order valence-electron chi connectivity index (χ3n) is 8.39. The Bertz CT molecular complexity index is 494. The van der Waals surface area contributed by atoms with Crippen LogP contribution in [0.2, 0.25) is 8.87 Å². The van der Waals surface area contributed by atoms with Crippen molar-refractivity contribution in [3.8, 4) is 0 Å². The maximum atomic E-state index is 10.2. The zero-order valence-corrected chi connectivity index (χ0v) is 34.1. The van der Waals surface area contributed by atoms with Gasteiger partial charge in [0, 0.05) is 12.4 Å². The summed E-state index contributed by atoms with van der Waals surface area (Å²) in [4.78, 5) is 20.3. The number of carbonyl (C=O) groups is 2. The van der Waals surface area contributed by atoms with Gasteiger partial charge in [-0.1, -0.05) is 117 Å². The molecular weight excluding hydrogens is 663 g/mol. The van der Waals surface area contributed by atoms with Gasteiger partial charge in [0.1, 0.15) is 0 Å². The van der Waals surface area contributed by atoms with Crippen LogP contribution in [0, 0.1) is 0 Å². The summed E-state index contributed by atoms with van der Waals surface area (Å²) in [6.07, 6.45) is 40.5. The van der Waals surface area contributed by atoms with Crippen molar-refractivity contribution in [2.75, 3.05) is 0 Å². The van der Waals surface area contributed by atoms with Crippen molar-refractivity contribution >= 4 is 33.1 Å². The van der Waals surface area contributed by atoms with Crippen LogP contribution in [0.5, 0.6) is 0 Å². The van der Waals surface area contributed by atoms with Crippen molar-refractivity contribution in [3.63, 3.8) is 0 Å². The molecule has 0 heterocycles. The van der Waals surface area contributed by atoms with E-state index < -0.39 is 11.9 Å². The third-order valence-corrected chi connectivity index (χ3v) is 12.4. The molecule has 0 fully saturated rings. The van der Waals surface area contributed by atoms with Gasteiger partial charge < -0.3 is 15.0 Å². The zero-order valence-electron chi connectivity index (χ0n) is 31.2. The Morgan fingerprint density at radius 2 is 0.644 bits per heavy atom. The minimum absolute atomic E-state index is 0.0736. The molecule has 0 saturated heterocycles. The van der Waals surface area contributed by atoms with Crippen LogP contribution >= 0.6 is 0 Å². The first kappa shape index (κ1) is 49.1. The van der Waals surface area contributed by atoms with Gasteiger partial charge in [0.2, 0.25) is 0 Å². The Hall–Kier alpha value is -0.261. The molecule has 1 N–H and O–H groups in total. The van der Waals surface area contributed by atoms with E-state index in [0.717, 1.165) is 25.7 Å². The SMILES string of the molecule is CCCCCCCCCCCC(=O)O.CCCCCCCCCCCC(=O)[O-].CCCCCCC[CH2][Sn+2][CH2]CCCCCCC. The number of hydrogen-bond donors (Lipinski definition) is 1. The Balaban J connectivity index is -0.000000592. The van der Waals surface area contributed by atoms with E-state index in [-0.39, 0.29) is 27.6 Å². The van der Waals surface area contributed by atoms with Crippen molar-refractivity contribution in [3.05, 3.63) is 0 Å². The second-order valence-electron chi connectivity index (χ2n) is 13.2. The molecule has 0 aromatic heterocycles. The van der Waals surface area contributed by atoms with Gasteiger partial charge in [0.05, 0.1) is 0 Å². The fraction of sp³-hybridized carbons (Fsp3) is 0.950. The van der Waals surface area contributed by atoms with Crippen molar-refractivity contribution in [1.82, 2.24) is 0 Å². The van der Waals surface area contributed by atoms with E-state index >= 15 is 0 Å². The van der Waals surface area contributed by atoms with Gasteiger partial charge in [0.15, 0.2) is 0 Å². The van der Waals surface area contributed by atoms with Crippen LogP contribution < -0.4 is 5.11 Å². The van der Waals surface area contributed by atoms with Gasteiger partial charge in [0.25, 0.3) is 0 Å². The van der Waals surface area contributed by atoms with Gasteiger partial charge in [-0.2, -0.15) is 0 Å². The molecule has 0 aromatic carbocycles. The molecule has 0 radical (unpaired) electrons. The van der Waals surface area contributed by atoms with E-state index in [0.29, 0.717) is 6.42 Å². The normalized spacial score (nSPS) is 10.4. The Labute approximate surface area is 293 Å². The molecule has 0 aromatic rings. The van der Waals surface area contributed by atoms with Crippen molar-refractivity contribution in [2.24, 2.45) is 0 Å². The van der Waals surface area contributed by atoms with Crippen LogP contribution in [-0.4, -0.2) is 38.2 Å². The van der Waals surface area contributed by atoms with Crippen LogP contribution in [0.1, 0.15) is 233 Å². The first-order valence-electron chi connectivity index (χ1n) is 20.1. The van der Waals surface area contributed by atoms with Crippen molar-refractivity contribution < 1.29 is 19.8 Å². The van der Waals surface area contributed by atoms with Crippen LogP contribution in [-0.2, 0) is 9.59 Å². The first-order chi connectivity index (χ1) is 22.0. The summed E-state index contributed by atoms with van der Waals surface area (Å²) in [7, 11) is 0. The van der Waals surface area contributed by atoms with E-state index in [4.69, 9.17) is 5.11 Å². The second-order valence-corrected chi connectivity index (χ2v) is 17.5. The van der Waals surface area contributed by atoms with E-state index in [1.165, 1.54) is 154 Å². The second kappa shape index (κ2) is 48.1. The summed E-state index contributed by atoms with van der Waals surface area (Å²) < 4.78 is 3.31. The van der Waals surface area contributed by atoms with Gasteiger partial charge >= 0.3 is 127 Å². The van der Waals surface area contributed by atoms with E-state index in [1.807, 2.05) is 0 Å². The number of carboxylic acid groups (broad SMARTS) is 2. The Kier molecular flexibility index (Phi) is 52.6. The standard InChI is InChI=1S/2C12H24O2.2C8H17.Sn/c2*1-2-3-4-5-6-7-8-9-10-11-12(13)14;2*1-3-5-7-8-6-4-2;/h2*2-11H2,1H3,(H,13,14);2*1,3-8H2,2H3;/q;;;;+2/p-1. The topological polar surface area (TPSA) is 77.4 Å². The van der Waals surface area contributed by atoms with Gasteiger partial charge in [-0.15, -0.1) is 0 Å². The first-order valence-corrected chi connectivity index (χ1v) is 24.1. The summed E-state index contributed by atoms with van der Waals surface area (Å²) in [5.74, 6) is -1.57. The van der Waals surface area contributed by atoms with Crippen molar-refractivity contribution in [1.29, 1.82) is 0 Å².